The number of halogens is 2. The second kappa shape index (κ2) is 4.81. The third kappa shape index (κ3) is 2.45. The lowest BCUT2D eigenvalue weighted by molar-refractivity contribution is 0.627. The first-order chi connectivity index (χ1) is 8.11. The number of rotatable bonds is 3. The van der Waals surface area contributed by atoms with E-state index in [1.54, 1.807) is 12.3 Å². The molecule has 6 heteroatoms. The van der Waals surface area contributed by atoms with E-state index in [4.69, 9.17) is 17.3 Å². The summed E-state index contributed by atoms with van der Waals surface area (Å²) in [5.41, 5.74) is 7.11. The number of hydrogen-bond acceptors (Lipinski definition) is 3. The van der Waals surface area contributed by atoms with Crippen LogP contribution in [0.4, 0.5) is 4.39 Å². The van der Waals surface area contributed by atoms with Crippen LogP contribution in [0.3, 0.4) is 0 Å². The molecule has 0 aliphatic carbocycles. The van der Waals surface area contributed by atoms with Crippen LogP contribution in [0.1, 0.15) is 25.1 Å². The maximum Gasteiger partial charge on any atom is 0.124 e. The molecule has 17 heavy (non-hydrogen) atoms. The van der Waals surface area contributed by atoms with Crippen LogP contribution in [-0.2, 0) is 0 Å². The lowest BCUT2D eigenvalue weighted by Gasteiger charge is -2.03. The molecule has 1 unspecified atom stereocenters. The molecule has 0 aliphatic heterocycles. The fourth-order valence-electron chi connectivity index (χ4n) is 1.44. The van der Waals surface area contributed by atoms with Gasteiger partial charge in [0.2, 0.25) is 0 Å². The van der Waals surface area contributed by atoms with Gasteiger partial charge in [0.25, 0.3) is 0 Å². The van der Waals surface area contributed by atoms with Gasteiger partial charge in [-0.05, 0) is 24.6 Å². The molecule has 0 aliphatic rings. The SMILES string of the molecule is CCC(N)c1cn(-c2ccc(F)cc2Cl)nn1. The normalized spacial score (nSPS) is 12.7. The van der Waals surface area contributed by atoms with E-state index in [0.29, 0.717) is 11.4 Å². The zero-order chi connectivity index (χ0) is 12.4. The van der Waals surface area contributed by atoms with E-state index >= 15 is 0 Å². The highest BCUT2D eigenvalue weighted by molar-refractivity contribution is 6.32. The molecule has 0 amide bonds. The predicted molar refractivity (Wildman–Crippen MR) is 63.5 cm³/mol. The molecule has 90 valence electrons. The summed E-state index contributed by atoms with van der Waals surface area (Å²) in [7, 11) is 0. The van der Waals surface area contributed by atoms with Crippen molar-refractivity contribution in [3.8, 4) is 5.69 Å². The summed E-state index contributed by atoms with van der Waals surface area (Å²) in [5.74, 6) is -0.385. The van der Waals surface area contributed by atoms with Crippen LogP contribution >= 0.6 is 11.6 Å². The molecular formula is C11H12ClFN4. The Morgan fingerprint density at radius 1 is 1.53 bits per heavy atom. The average molecular weight is 255 g/mol. The molecule has 1 aromatic heterocycles. The maximum absolute atomic E-state index is 12.9. The van der Waals surface area contributed by atoms with Crippen LogP contribution in [0.5, 0.6) is 0 Å². The van der Waals surface area contributed by atoms with Crippen molar-refractivity contribution in [2.45, 2.75) is 19.4 Å². The molecule has 0 spiro atoms. The van der Waals surface area contributed by atoms with Crippen LogP contribution in [0.25, 0.3) is 5.69 Å². The molecule has 2 rings (SSSR count). The summed E-state index contributed by atoms with van der Waals surface area (Å²) < 4.78 is 14.4. The quantitative estimate of drug-likeness (QED) is 0.915. The second-order valence-electron chi connectivity index (χ2n) is 3.70. The number of nitrogens with two attached hydrogens (primary N) is 1. The Hall–Kier alpha value is -1.46. The molecule has 0 saturated heterocycles. The Morgan fingerprint density at radius 2 is 2.29 bits per heavy atom. The fourth-order valence-corrected chi connectivity index (χ4v) is 1.69. The van der Waals surface area contributed by atoms with Gasteiger partial charge in [-0.25, -0.2) is 9.07 Å². The van der Waals surface area contributed by atoms with Crippen LogP contribution in [0, 0.1) is 5.82 Å². The zero-order valence-electron chi connectivity index (χ0n) is 9.27. The number of hydrogen-bond donors (Lipinski definition) is 1. The Kier molecular flexibility index (Phi) is 3.40. The van der Waals surface area contributed by atoms with Crippen molar-refractivity contribution in [2.75, 3.05) is 0 Å². The third-order valence-corrected chi connectivity index (χ3v) is 2.79. The predicted octanol–water partition coefficient (Wildman–Crippen LogP) is 2.47. The van der Waals surface area contributed by atoms with Crippen LogP contribution < -0.4 is 5.73 Å². The van der Waals surface area contributed by atoms with Crippen molar-refractivity contribution in [1.29, 1.82) is 0 Å². The Bertz CT molecular complexity index is 526. The molecule has 0 saturated carbocycles. The van der Waals surface area contributed by atoms with Crippen LogP contribution in [0.2, 0.25) is 5.02 Å². The minimum absolute atomic E-state index is 0.150. The zero-order valence-corrected chi connectivity index (χ0v) is 10.0. The summed E-state index contributed by atoms with van der Waals surface area (Å²) in [4.78, 5) is 0. The topological polar surface area (TPSA) is 56.7 Å². The summed E-state index contributed by atoms with van der Waals surface area (Å²) in [6.45, 7) is 1.97. The Balaban J connectivity index is 2.37. The van der Waals surface area contributed by atoms with Gasteiger partial charge in [-0.15, -0.1) is 5.10 Å². The molecule has 0 radical (unpaired) electrons. The van der Waals surface area contributed by atoms with E-state index in [1.165, 1.54) is 16.8 Å². The van der Waals surface area contributed by atoms with Gasteiger partial charge in [-0.1, -0.05) is 23.7 Å². The average Bonchev–Trinajstić information content (AvgIpc) is 2.77. The third-order valence-electron chi connectivity index (χ3n) is 2.49. The largest absolute Gasteiger partial charge is 0.323 e. The molecule has 2 N–H and O–H groups in total. The molecule has 2 aromatic rings. The summed E-state index contributed by atoms with van der Waals surface area (Å²) in [6, 6.07) is 3.96. The van der Waals surface area contributed by atoms with E-state index in [1.807, 2.05) is 6.92 Å². The van der Waals surface area contributed by atoms with Crippen molar-refractivity contribution in [2.24, 2.45) is 5.73 Å². The van der Waals surface area contributed by atoms with Crippen molar-refractivity contribution in [3.05, 3.63) is 40.9 Å². The minimum Gasteiger partial charge on any atom is -0.323 e. The highest BCUT2D eigenvalue weighted by atomic mass is 35.5. The van der Waals surface area contributed by atoms with Crippen molar-refractivity contribution in [1.82, 2.24) is 15.0 Å². The second-order valence-corrected chi connectivity index (χ2v) is 4.11. The lowest BCUT2D eigenvalue weighted by Crippen LogP contribution is -2.08. The number of aromatic nitrogens is 3. The van der Waals surface area contributed by atoms with Gasteiger partial charge in [0.05, 0.1) is 28.6 Å². The summed E-state index contributed by atoms with van der Waals surface area (Å²) in [5, 5.41) is 8.17. The first-order valence-corrected chi connectivity index (χ1v) is 5.63. The minimum atomic E-state index is -0.385. The summed E-state index contributed by atoms with van der Waals surface area (Å²) in [6.07, 6.45) is 2.48. The van der Waals surface area contributed by atoms with E-state index in [9.17, 15) is 4.39 Å². The molecule has 1 atom stereocenters. The van der Waals surface area contributed by atoms with Crippen molar-refractivity contribution in [3.63, 3.8) is 0 Å². The number of benzene rings is 1. The molecular weight excluding hydrogens is 243 g/mol. The summed E-state index contributed by atoms with van der Waals surface area (Å²) >= 11 is 5.93. The van der Waals surface area contributed by atoms with E-state index in [0.717, 1.165) is 6.42 Å². The maximum atomic E-state index is 12.9. The molecule has 0 bridgehead atoms. The van der Waals surface area contributed by atoms with Gasteiger partial charge in [0, 0.05) is 0 Å². The highest BCUT2D eigenvalue weighted by Crippen LogP contribution is 2.21. The van der Waals surface area contributed by atoms with E-state index in [2.05, 4.69) is 10.3 Å². The smallest absolute Gasteiger partial charge is 0.124 e. The molecule has 0 fully saturated rings. The standard InChI is InChI=1S/C11H12ClFN4/c1-2-9(14)10-6-17(16-15-10)11-4-3-7(13)5-8(11)12/h3-6,9H,2,14H2,1H3. The number of nitrogens with zero attached hydrogens (tertiary/aromatic N) is 3. The molecule has 1 heterocycles. The van der Waals surface area contributed by atoms with Crippen molar-refractivity contribution >= 4 is 11.6 Å². The monoisotopic (exact) mass is 254 g/mol. The van der Waals surface area contributed by atoms with Gasteiger partial charge in [-0.3, -0.25) is 0 Å². The van der Waals surface area contributed by atoms with Crippen molar-refractivity contribution < 1.29 is 4.39 Å². The van der Waals surface area contributed by atoms with Crippen LogP contribution in [0.15, 0.2) is 24.4 Å². The lowest BCUT2D eigenvalue weighted by atomic mass is 10.2. The van der Waals surface area contributed by atoms with E-state index < -0.39 is 0 Å². The van der Waals surface area contributed by atoms with Gasteiger partial charge in [-0.2, -0.15) is 0 Å². The van der Waals surface area contributed by atoms with Crippen LogP contribution in [-0.4, -0.2) is 15.0 Å². The highest BCUT2D eigenvalue weighted by Gasteiger charge is 2.11. The van der Waals surface area contributed by atoms with Gasteiger partial charge >= 0.3 is 0 Å². The van der Waals surface area contributed by atoms with Gasteiger partial charge in [0.1, 0.15) is 5.82 Å². The fraction of sp³-hybridized carbons (Fsp3) is 0.273. The van der Waals surface area contributed by atoms with Gasteiger partial charge in [0.15, 0.2) is 0 Å². The molecule has 4 nitrogen and oxygen atoms in total. The first-order valence-electron chi connectivity index (χ1n) is 5.25. The first kappa shape index (κ1) is 12.0. The van der Waals surface area contributed by atoms with E-state index in [-0.39, 0.29) is 16.9 Å². The Morgan fingerprint density at radius 3 is 2.94 bits per heavy atom. The van der Waals surface area contributed by atoms with Gasteiger partial charge < -0.3 is 5.73 Å². The molecule has 1 aromatic carbocycles. The Labute approximate surface area is 103 Å².